The molecule has 0 unspecified atom stereocenters. The van der Waals surface area contributed by atoms with Gasteiger partial charge in [-0.25, -0.2) is 4.79 Å². The molecule has 122 valence electrons. The van der Waals surface area contributed by atoms with Gasteiger partial charge < -0.3 is 9.15 Å². The van der Waals surface area contributed by atoms with Gasteiger partial charge in [0.15, 0.2) is 6.61 Å². The summed E-state index contributed by atoms with van der Waals surface area (Å²) in [7, 11) is 0. The Kier molecular flexibility index (Phi) is 5.18. The number of halogens is 3. The monoisotopic (exact) mass is 426 g/mol. The van der Waals surface area contributed by atoms with Crippen molar-refractivity contribution in [3.63, 3.8) is 0 Å². The Morgan fingerprint density at radius 3 is 2.42 bits per heavy atom. The quantitative estimate of drug-likeness (QED) is 0.537. The minimum Gasteiger partial charge on any atom is -0.452 e. The first-order chi connectivity index (χ1) is 11.5. The van der Waals surface area contributed by atoms with Crippen molar-refractivity contribution in [2.75, 3.05) is 0 Å². The first-order valence-electron chi connectivity index (χ1n) is 6.73. The molecule has 0 radical (unpaired) electrons. The number of hydrogen-bond acceptors (Lipinski definition) is 5. The Bertz CT molecular complexity index is 861. The van der Waals surface area contributed by atoms with Crippen LogP contribution in [0.2, 0.25) is 10.0 Å². The van der Waals surface area contributed by atoms with Crippen LogP contribution in [0.25, 0.3) is 11.5 Å². The third-order valence-corrected chi connectivity index (χ3v) is 3.95. The average Bonchev–Trinajstić information content (AvgIpc) is 3.01. The van der Waals surface area contributed by atoms with E-state index >= 15 is 0 Å². The van der Waals surface area contributed by atoms with Gasteiger partial charge in [-0.1, -0.05) is 39.1 Å². The molecular formula is C16H9BrCl2N2O3. The third kappa shape index (κ3) is 4.14. The molecule has 3 rings (SSSR count). The summed E-state index contributed by atoms with van der Waals surface area (Å²) in [5, 5.41) is 8.49. The second-order valence-corrected chi connectivity index (χ2v) is 6.53. The molecule has 0 spiro atoms. The second-order valence-electron chi connectivity index (χ2n) is 4.74. The standard InChI is InChI=1S/C16H9BrCl2N2O3/c17-11-3-1-9(2-4-11)15-21-20-14(24-15)8-23-16(22)10-5-12(18)7-13(19)6-10/h1-7H,8H2. The third-order valence-electron chi connectivity index (χ3n) is 2.98. The van der Waals surface area contributed by atoms with E-state index in [9.17, 15) is 4.79 Å². The van der Waals surface area contributed by atoms with Crippen molar-refractivity contribution in [3.8, 4) is 11.5 Å². The maximum atomic E-state index is 12.0. The number of nitrogens with zero attached hydrogens (tertiary/aromatic N) is 2. The molecule has 0 aliphatic rings. The van der Waals surface area contributed by atoms with Crippen molar-refractivity contribution in [1.82, 2.24) is 10.2 Å². The number of aromatic nitrogens is 2. The number of rotatable bonds is 4. The van der Waals surface area contributed by atoms with Crippen LogP contribution in [0.15, 0.2) is 51.4 Å². The number of esters is 1. The fraction of sp³-hybridized carbons (Fsp3) is 0.0625. The molecule has 3 aromatic rings. The molecule has 0 aliphatic heterocycles. The summed E-state index contributed by atoms with van der Waals surface area (Å²) >= 11 is 15.1. The van der Waals surface area contributed by atoms with E-state index in [2.05, 4.69) is 26.1 Å². The van der Waals surface area contributed by atoms with E-state index in [-0.39, 0.29) is 18.1 Å². The Morgan fingerprint density at radius 1 is 1.08 bits per heavy atom. The minimum atomic E-state index is -0.581. The predicted octanol–water partition coefficient (Wildman–Crippen LogP) is 5.16. The summed E-state index contributed by atoms with van der Waals surface area (Å²) in [4.78, 5) is 12.0. The van der Waals surface area contributed by atoms with E-state index in [1.807, 2.05) is 24.3 Å². The second kappa shape index (κ2) is 7.34. The van der Waals surface area contributed by atoms with Gasteiger partial charge in [0.2, 0.25) is 5.89 Å². The normalized spacial score (nSPS) is 10.6. The van der Waals surface area contributed by atoms with E-state index in [1.165, 1.54) is 18.2 Å². The van der Waals surface area contributed by atoms with Crippen LogP contribution in [0.5, 0.6) is 0 Å². The molecule has 0 saturated heterocycles. The van der Waals surface area contributed by atoms with E-state index in [0.717, 1.165) is 10.0 Å². The maximum absolute atomic E-state index is 12.0. The van der Waals surface area contributed by atoms with Crippen LogP contribution < -0.4 is 0 Å². The smallest absolute Gasteiger partial charge is 0.338 e. The Labute approximate surface area is 155 Å². The molecule has 24 heavy (non-hydrogen) atoms. The number of benzene rings is 2. The van der Waals surface area contributed by atoms with Crippen molar-refractivity contribution in [1.29, 1.82) is 0 Å². The lowest BCUT2D eigenvalue weighted by molar-refractivity contribution is 0.0438. The van der Waals surface area contributed by atoms with E-state index in [1.54, 1.807) is 0 Å². The van der Waals surface area contributed by atoms with Crippen LogP contribution in [0.4, 0.5) is 0 Å². The van der Waals surface area contributed by atoms with Crippen LogP contribution in [-0.4, -0.2) is 16.2 Å². The number of hydrogen-bond donors (Lipinski definition) is 0. The molecule has 1 aromatic heterocycles. The van der Waals surface area contributed by atoms with Crippen molar-refractivity contribution in [3.05, 3.63) is 68.4 Å². The van der Waals surface area contributed by atoms with Gasteiger partial charge >= 0.3 is 5.97 Å². The number of carbonyl (C=O) groups excluding carboxylic acids is 1. The zero-order valence-corrected chi connectivity index (χ0v) is 15.1. The number of ether oxygens (including phenoxy) is 1. The lowest BCUT2D eigenvalue weighted by Crippen LogP contribution is -2.05. The van der Waals surface area contributed by atoms with Crippen molar-refractivity contribution in [2.45, 2.75) is 6.61 Å². The highest BCUT2D eigenvalue weighted by molar-refractivity contribution is 9.10. The van der Waals surface area contributed by atoms with Crippen LogP contribution >= 0.6 is 39.1 Å². The van der Waals surface area contributed by atoms with Crippen molar-refractivity contribution >= 4 is 45.1 Å². The van der Waals surface area contributed by atoms with E-state index in [0.29, 0.717) is 15.9 Å². The lowest BCUT2D eigenvalue weighted by Gasteiger charge is -2.03. The first kappa shape index (κ1) is 17.0. The van der Waals surface area contributed by atoms with Gasteiger partial charge in [0.05, 0.1) is 5.56 Å². The molecule has 5 nitrogen and oxygen atoms in total. The van der Waals surface area contributed by atoms with Gasteiger partial charge in [-0.3, -0.25) is 0 Å². The molecule has 0 bridgehead atoms. The van der Waals surface area contributed by atoms with Crippen molar-refractivity contribution < 1.29 is 13.9 Å². The topological polar surface area (TPSA) is 65.2 Å². The predicted molar refractivity (Wildman–Crippen MR) is 93.0 cm³/mol. The average molecular weight is 428 g/mol. The molecule has 0 atom stereocenters. The molecule has 0 saturated carbocycles. The fourth-order valence-corrected chi connectivity index (χ4v) is 2.69. The minimum absolute atomic E-state index is 0.146. The molecule has 8 heteroatoms. The first-order valence-corrected chi connectivity index (χ1v) is 8.28. The molecule has 0 aliphatic carbocycles. The zero-order valence-electron chi connectivity index (χ0n) is 12.0. The van der Waals surface area contributed by atoms with Gasteiger partial charge in [0.25, 0.3) is 5.89 Å². The summed E-state index contributed by atoms with van der Waals surface area (Å²) in [6.07, 6.45) is 0. The molecule has 2 aromatic carbocycles. The highest BCUT2D eigenvalue weighted by atomic mass is 79.9. The molecular weight excluding hydrogens is 419 g/mol. The van der Waals surface area contributed by atoms with Gasteiger partial charge in [0, 0.05) is 20.1 Å². The van der Waals surface area contributed by atoms with Crippen LogP contribution in [0, 0.1) is 0 Å². The highest BCUT2D eigenvalue weighted by Gasteiger charge is 2.13. The van der Waals surface area contributed by atoms with Gasteiger partial charge in [-0.05, 0) is 42.5 Å². The highest BCUT2D eigenvalue weighted by Crippen LogP contribution is 2.22. The van der Waals surface area contributed by atoms with Gasteiger partial charge in [-0.15, -0.1) is 10.2 Å². The molecule has 0 N–H and O–H groups in total. The van der Waals surface area contributed by atoms with E-state index in [4.69, 9.17) is 32.4 Å². The van der Waals surface area contributed by atoms with Crippen LogP contribution in [0.3, 0.4) is 0 Å². The largest absolute Gasteiger partial charge is 0.452 e. The number of carbonyl (C=O) groups is 1. The van der Waals surface area contributed by atoms with Crippen LogP contribution in [-0.2, 0) is 11.3 Å². The summed E-state index contributed by atoms with van der Waals surface area (Å²) in [6.45, 7) is -0.146. The fourth-order valence-electron chi connectivity index (χ4n) is 1.90. The Balaban J connectivity index is 1.67. The summed E-state index contributed by atoms with van der Waals surface area (Å²) in [5.41, 5.74) is 1.02. The lowest BCUT2D eigenvalue weighted by atomic mass is 10.2. The summed E-state index contributed by atoms with van der Waals surface area (Å²) in [5.74, 6) is -0.0449. The maximum Gasteiger partial charge on any atom is 0.338 e. The Hall–Kier alpha value is -1.89. The zero-order chi connectivity index (χ0) is 17.1. The van der Waals surface area contributed by atoms with Gasteiger partial charge in [-0.2, -0.15) is 0 Å². The van der Waals surface area contributed by atoms with E-state index < -0.39 is 5.97 Å². The van der Waals surface area contributed by atoms with Crippen molar-refractivity contribution in [2.24, 2.45) is 0 Å². The van der Waals surface area contributed by atoms with Gasteiger partial charge in [0.1, 0.15) is 0 Å². The Morgan fingerprint density at radius 2 is 1.75 bits per heavy atom. The molecule has 0 amide bonds. The molecule has 0 fully saturated rings. The van der Waals surface area contributed by atoms with Crippen LogP contribution in [0.1, 0.15) is 16.2 Å². The SMILES string of the molecule is O=C(OCc1nnc(-c2ccc(Br)cc2)o1)c1cc(Cl)cc(Cl)c1. The molecule has 1 heterocycles. The summed E-state index contributed by atoms with van der Waals surface area (Å²) < 4.78 is 11.6. The summed E-state index contributed by atoms with van der Waals surface area (Å²) in [6, 6.07) is 11.9.